The zero-order valence-electron chi connectivity index (χ0n) is 13.1. The molecule has 114 valence electrons. The highest BCUT2D eigenvalue weighted by Gasteiger charge is 2.17. The minimum Gasteiger partial charge on any atom is -0.457 e. The molecule has 0 saturated carbocycles. The first-order chi connectivity index (χ1) is 10.5. The number of carbonyl (C=O) groups is 2. The van der Waals surface area contributed by atoms with Crippen LogP contribution in [0.3, 0.4) is 0 Å². The van der Waals surface area contributed by atoms with Crippen LogP contribution in [0.4, 0.5) is 0 Å². The first-order valence-corrected chi connectivity index (χ1v) is 7.30. The van der Waals surface area contributed by atoms with Crippen LogP contribution in [0.1, 0.15) is 47.0 Å². The minimum atomic E-state index is -0.348. The summed E-state index contributed by atoms with van der Waals surface area (Å²) < 4.78 is 5.47. The fourth-order valence-corrected chi connectivity index (χ4v) is 2.40. The van der Waals surface area contributed by atoms with Crippen molar-refractivity contribution >= 4 is 11.8 Å². The predicted octanol–water partition coefficient (Wildman–Crippen LogP) is 4.04. The highest BCUT2D eigenvalue weighted by Crippen LogP contribution is 2.24. The number of carbonyl (C=O) groups excluding carboxylic acids is 2. The van der Waals surface area contributed by atoms with Crippen molar-refractivity contribution in [1.29, 1.82) is 0 Å². The monoisotopic (exact) mass is 296 g/mol. The highest BCUT2D eigenvalue weighted by atomic mass is 16.5. The van der Waals surface area contributed by atoms with Gasteiger partial charge in [0.1, 0.15) is 6.10 Å². The van der Waals surface area contributed by atoms with E-state index in [-0.39, 0.29) is 17.9 Å². The molecule has 1 atom stereocenters. The van der Waals surface area contributed by atoms with Gasteiger partial charge in [0.15, 0.2) is 5.78 Å². The molecule has 2 aromatic carbocycles. The van der Waals surface area contributed by atoms with E-state index >= 15 is 0 Å². The van der Waals surface area contributed by atoms with Crippen molar-refractivity contribution in [3.63, 3.8) is 0 Å². The maximum absolute atomic E-state index is 11.4. The Balaban J connectivity index is 2.27. The van der Waals surface area contributed by atoms with Gasteiger partial charge >= 0.3 is 5.97 Å². The van der Waals surface area contributed by atoms with Crippen molar-refractivity contribution in [3.05, 3.63) is 70.8 Å². The SMILES string of the molecule is CC(=O)OC(Cc1ccccc1C)c1ccc(C(C)=O)cc1. The van der Waals surface area contributed by atoms with Gasteiger partial charge in [-0.05, 0) is 30.5 Å². The summed E-state index contributed by atoms with van der Waals surface area (Å²) in [5.41, 5.74) is 3.86. The van der Waals surface area contributed by atoms with E-state index in [0.29, 0.717) is 12.0 Å². The molecule has 0 aromatic heterocycles. The van der Waals surface area contributed by atoms with E-state index < -0.39 is 0 Å². The van der Waals surface area contributed by atoms with Crippen molar-refractivity contribution in [1.82, 2.24) is 0 Å². The Kier molecular flexibility index (Phi) is 5.10. The topological polar surface area (TPSA) is 43.4 Å². The van der Waals surface area contributed by atoms with E-state index in [1.165, 1.54) is 19.4 Å². The summed E-state index contributed by atoms with van der Waals surface area (Å²) in [7, 11) is 0. The Bertz CT molecular complexity index is 671. The van der Waals surface area contributed by atoms with Crippen molar-refractivity contribution in [3.8, 4) is 0 Å². The molecule has 22 heavy (non-hydrogen) atoms. The molecule has 3 heteroatoms. The van der Waals surface area contributed by atoms with Crippen molar-refractivity contribution in [2.24, 2.45) is 0 Å². The summed E-state index contributed by atoms with van der Waals surface area (Å²) >= 11 is 0. The number of ether oxygens (including phenoxy) is 1. The summed E-state index contributed by atoms with van der Waals surface area (Å²) in [5, 5.41) is 0. The molecule has 0 saturated heterocycles. The molecule has 0 spiro atoms. The van der Waals surface area contributed by atoms with E-state index in [4.69, 9.17) is 4.74 Å². The number of ketones is 1. The molecule has 2 aromatic rings. The predicted molar refractivity (Wildman–Crippen MR) is 85.8 cm³/mol. The first-order valence-electron chi connectivity index (χ1n) is 7.30. The summed E-state index contributed by atoms with van der Waals surface area (Å²) in [6.45, 7) is 4.99. The Labute approximate surface area is 130 Å². The van der Waals surface area contributed by atoms with Crippen LogP contribution in [0.5, 0.6) is 0 Å². The molecule has 0 bridgehead atoms. The molecule has 0 fully saturated rings. The average molecular weight is 296 g/mol. The first kappa shape index (κ1) is 16.0. The quantitative estimate of drug-likeness (QED) is 0.617. The third-order valence-electron chi connectivity index (χ3n) is 3.66. The fraction of sp³-hybridized carbons (Fsp3) is 0.263. The van der Waals surface area contributed by atoms with E-state index in [2.05, 4.69) is 0 Å². The largest absolute Gasteiger partial charge is 0.457 e. The second kappa shape index (κ2) is 7.03. The van der Waals surface area contributed by atoms with Crippen LogP contribution >= 0.6 is 0 Å². The van der Waals surface area contributed by atoms with Crippen molar-refractivity contribution in [2.45, 2.75) is 33.3 Å². The lowest BCUT2D eigenvalue weighted by molar-refractivity contribution is -0.146. The van der Waals surface area contributed by atoms with Gasteiger partial charge in [-0.3, -0.25) is 9.59 Å². The lowest BCUT2D eigenvalue weighted by atomic mass is 9.97. The zero-order chi connectivity index (χ0) is 16.1. The van der Waals surface area contributed by atoms with Gasteiger partial charge in [-0.25, -0.2) is 0 Å². The zero-order valence-corrected chi connectivity index (χ0v) is 13.1. The van der Waals surface area contributed by atoms with Gasteiger partial charge in [-0.2, -0.15) is 0 Å². The minimum absolute atomic E-state index is 0.0227. The Morgan fingerprint density at radius 3 is 2.18 bits per heavy atom. The number of esters is 1. The summed E-state index contributed by atoms with van der Waals surface area (Å²) in [6.07, 6.45) is 0.269. The molecule has 0 aliphatic carbocycles. The molecule has 3 nitrogen and oxygen atoms in total. The van der Waals surface area contributed by atoms with Crippen LogP contribution in [0, 0.1) is 6.92 Å². The van der Waals surface area contributed by atoms with Crippen LogP contribution in [0.2, 0.25) is 0 Å². The van der Waals surface area contributed by atoms with Gasteiger partial charge in [0.2, 0.25) is 0 Å². The third-order valence-corrected chi connectivity index (χ3v) is 3.66. The van der Waals surface area contributed by atoms with Gasteiger partial charge in [-0.1, -0.05) is 48.5 Å². The van der Waals surface area contributed by atoms with E-state index in [1.807, 2.05) is 43.3 Å². The lowest BCUT2D eigenvalue weighted by Crippen LogP contribution is -2.12. The van der Waals surface area contributed by atoms with Gasteiger partial charge in [0, 0.05) is 18.9 Å². The van der Waals surface area contributed by atoms with Crippen LogP contribution in [-0.2, 0) is 16.0 Å². The average Bonchev–Trinajstić information content (AvgIpc) is 2.48. The van der Waals surface area contributed by atoms with Gasteiger partial charge in [0.25, 0.3) is 0 Å². The number of Topliss-reactive ketones (excluding diaryl/α,β-unsaturated/α-hetero) is 1. The highest BCUT2D eigenvalue weighted by molar-refractivity contribution is 5.94. The van der Waals surface area contributed by atoms with Crippen molar-refractivity contribution in [2.75, 3.05) is 0 Å². The molecule has 0 amide bonds. The molecule has 0 N–H and O–H groups in total. The van der Waals surface area contributed by atoms with Crippen molar-refractivity contribution < 1.29 is 14.3 Å². The fourth-order valence-electron chi connectivity index (χ4n) is 2.40. The number of hydrogen-bond donors (Lipinski definition) is 0. The van der Waals surface area contributed by atoms with Gasteiger partial charge in [-0.15, -0.1) is 0 Å². The number of aryl methyl sites for hydroxylation is 1. The molecule has 1 unspecified atom stereocenters. The van der Waals surface area contributed by atoms with Crippen LogP contribution < -0.4 is 0 Å². The molecule has 0 heterocycles. The third kappa shape index (κ3) is 4.04. The Morgan fingerprint density at radius 2 is 1.64 bits per heavy atom. The summed E-state index contributed by atoms with van der Waals surface area (Å²) in [6, 6.07) is 15.3. The Hall–Kier alpha value is -2.42. The lowest BCUT2D eigenvalue weighted by Gasteiger charge is -2.19. The molecular weight excluding hydrogens is 276 g/mol. The van der Waals surface area contributed by atoms with Gasteiger partial charge in [0.05, 0.1) is 0 Å². The number of rotatable bonds is 5. The molecule has 0 radical (unpaired) electrons. The summed E-state index contributed by atoms with van der Waals surface area (Å²) in [4.78, 5) is 22.8. The second-order valence-electron chi connectivity index (χ2n) is 5.41. The second-order valence-corrected chi connectivity index (χ2v) is 5.41. The Morgan fingerprint density at radius 1 is 1.00 bits per heavy atom. The van der Waals surface area contributed by atoms with Crippen LogP contribution in [0.15, 0.2) is 48.5 Å². The van der Waals surface area contributed by atoms with E-state index in [0.717, 1.165) is 11.1 Å². The molecular formula is C19H20O3. The standard InChI is InChI=1S/C19H20O3/c1-13-6-4-5-7-18(13)12-19(22-15(3)21)17-10-8-16(9-11-17)14(2)20/h4-11,19H,12H2,1-3H3. The van der Waals surface area contributed by atoms with E-state index in [1.54, 1.807) is 12.1 Å². The maximum atomic E-state index is 11.4. The maximum Gasteiger partial charge on any atom is 0.303 e. The summed E-state index contributed by atoms with van der Waals surface area (Å²) in [5.74, 6) is -0.288. The van der Waals surface area contributed by atoms with E-state index in [9.17, 15) is 9.59 Å². The molecule has 0 aliphatic rings. The number of hydrogen-bond acceptors (Lipinski definition) is 3. The normalized spacial score (nSPS) is 11.8. The van der Waals surface area contributed by atoms with Crippen LogP contribution in [-0.4, -0.2) is 11.8 Å². The molecule has 0 aliphatic heterocycles. The van der Waals surface area contributed by atoms with Gasteiger partial charge < -0.3 is 4.74 Å². The molecule has 2 rings (SSSR count). The number of benzene rings is 2. The van der Waals surface area contributed by atoms with Crippen LogP contribution in [0.25, 0.3) is 0 Å². The smallest absolute Gasteiger partial charge is 0.303 e.